The van der Waals surface area contributed by atoms with E-state index in [4.69, 9.17) is 28.1 Å². The standard InChI is InChI=1S/C22H24BO10.C6H15N/c24-9-21-13(26)7-17(28-21)11-1-3-15-19(5-11)32-23(30-15)31-16-4-2-12(6-20(16)33-23)18-8-14(27)22(10-25)29-18;1-4-7(5-2)6-3/h1-6,13-14,17-18,21-22,24-27H,7-10H2;4-6H2,1-3H3/q-1;/p+1/t13-,14+,17+,18-,21+,22-,23?;. The summed E-state index contributed by atoms with van der Waals surface area (Å²) in [5.41, 5.74) is 1.57. The van der Waals surface area contributed by atoms with E-state index in [-0.39, 0.29) is 25.4 Å². The SMILES string of the molecule is CC[NH+](CC)CC.OC[C@@H]1O[C@H](c2ccc3c(c2)O[B-]2(O3)Oc3ccc([C@H]4C[C@H](O)[C@@H](CO)O4)cc3O2)C[C@H]1O. The van der Waals surface area contributed by atoms with Gasteiger partial charge in [0.05, 0.1) is 57.3 Å². The third kappa shape index (κ3) is 5.75. The summed E-state index contributed by atoms with van der Waals surface area (Å²) in [6, 6.07) is 10.6. The molecular formula is C28H40BNO10. The van der Waals surface area contributed by atoms with Crippen LogP contribution in [0.4, 0.5) is 0 Å². The fraction of sp³-hybridized carbons (Fsp3) is 0.571. The van der Waals surface area contributed by atoms with Gasteiger partial charge in [-0.3, -0.25) is 0 Å². The Morgan fingerprint density at radius 3 is 1.40 bits per heavy atom. The van der Waals surface area contributed by atoms with Crippen molar-refractivity contribution in [2.45, 2.75) is 70.2 Å². The molecule has 40 heavy (non-hydrogen) atoms. The highest BCUT2D eigenvalue weighted by Crippen LogP contribution is 2.48. The van der Waals surface area contributed by atoms with Gasteiger partial charge in [-0.25, -0.2) is 0 Å². The van der Waals surface area contributed by atoms with Gasteiger partial charge in [0.1, 0.15) is 35.2 Å². The van der Waals surface area contributed by atoms with E-state index in [1.54, 1.807) is 29.2 Å². The maximum Gasteiger partial charge on any atom is 0.777 e. The molecule has 2 aromatic carbocycles. The van der Waals surface area contributed by atoms with Gasteiger partial charge < -0.3 is 53.4 Å². The lowest BCUT2D eigenvalue weighted by atomic mass is 10.0. The molecule has 4 aliphatic heterocycles. The first kappa shape index (κ1) is 28.9. The number of nitrogens with one attached hydrogen (secondary N) is 1. The molecule has 0 aliphatic carbocycles. The van der Waals surface area contributed by atoms with Gasteiger partial charge in [0.25, 0.3) is 0 Å². The van der Waals surface area contributed by atoms with Crippen molar-refractivity contribution in [1.82, 2.24) is 0 Å². The molecular weight excluding hydrogens is 521 g/mol. The molecule has 0 aromatic heterocycles. The summed E-state index contributed by atoms with van der Waals surface area (Å²) in [4.78, 5) is 1.68. The van der Waals surface area contributed by atoms with Crippen LogP contribution in [0.2, 0.25) is 0 Å². The molecule has 4 aliphatic rings. The Kier molecular flexibility index (Phi) is 8.76. The Morgan fingerprint density at radius 1 is 0.675 bits per heavy atom. The second-order valence-corrected chi connectivity index (χ2v) is 10.6. The van der Waals surface area contributed by atoms with Gasteiger partial charge in [-0.1, -0.05) is 12.1 Å². The van der Waals surface area contributed by atoms with Gasteiger partial charge in [-0.05, 0) is 56.2 Å². The summed E-state index contributed by atoms with van der Waals surface area (Å²) >= 11 is 0. The number of aliphatic hydroxyl groups is 4. The van der Waals surface area contributed by atoms with E-state index in [1.807, 2.05) is 12.1 Å². The fourth-order valence-electron chi connectivity index (χ4n) is 5.56. The van der Waals surface area contributed by atoms with Gasteiger partial charge in [-0.15, -0.1) is 0 Å². The lowest BCUT2D eigenvalue weighted by molar-refractivity contribution is -0.894. The number of hydrogen-bond acceptors (Lipinski definition) is 10. The number of quaternary nitrogens is 1. The van der Waals surface area contributed by atoms with Crippen LogP contribution in [0, 0.1) is 0 Å². The Hall–Kier alpha value is -2.58. The van der Waals surface area contributed by atoms with Crippen molar-refractivity contribution in [1.29, 1.82) is 0 Å². The fourth-order valence-corrected chi connectivity index (χ4v) is 5.56. The van der Waals surface area contributed by atoms with E-state index in [1.165, 1.54) is 19.6 Å². The average molecular weight is 561 g/mol. The van der Waals surface area contributed by atoms with E-state index in [0.29, 0.717) is 35.8 Å². The smallest absolute Gasteiger partial charge is 0.609 e. The number of hydrogen-bond donors (Lipinski definition) is 5. The number of rotatable bonds is 7. The highest BCUT2D eigenvalue weighted by Gasteiger charge is 2.52. The predicted octanol–water partition coefficient (Wildman–Crippen LogP) is 0.662. The maximum absolute atomic E-state index is 10.0. The van der Waals surface area contributed by atoms with Crippen molar-refractivity contribution < 1.29 is 53.4 Å². The highest BCUT2D eigenvalue weighted by atomic mass is 16.9. The minimum Gasteiger partial charge on any atom is -0.609 e. The summed E-state index contributed by atoms with van der Waals surface area (Å²) in [6.07, 6.45) is -2.69. The predicted molar refractivity (Wildman–Crippen MR) is 144 cm³/mol. The largest absolute Gasteiger partial charge is 0.777 e. The zero-order chi connectivity index (χ0) is 28.4. The molecule has 2 saturated heterocycles. The zero-order valence-corrected chi connectivity index (χ0v) is 23.2. The molecule has 7 atom stereocenters. The van der Waals surface area contributed by atoms with Crippen molar-refractivity contribution in [2.24, 2.45) is 0 Å². The lowest BCUT2D eigenvalue weighted by Crippen LogP contribution is -3.11. The second-order valence-electron chi connectivity index (χ2n) is 10.6. The minimum absolute atomic E-state index is 0.248. The number of aliphatic hydroxyl groups excluding tert-OH is 4. The van der Waals surface area contributed by atoms with E-state index in [9.17, 15) is 20.4 Å². The molecule has 12 heteroatoms. The van der Waals surface area contributed by atoms with Crippen LogP contribution in [0.15, 0.2) is 36.4 Å². The maximum atomic E-state index is 10.0. The summed E-state index contributed by atoms with van der Waals surface area (Å²) < 4.78 is 35.2. The summed E-state index contributed by atoms with van der Waals surface area (Å²) in [5.74, 6) is 1.77. The molecule has 4 heterocycles. The van der Waals surface area contributed by atoms with Crippen LogP contribution in [0.5, 0.6) is 23.0 Å². The first-order chi connectivity index (χ1) is 19.3. The molecule has 2 fully saturated rings. The second kappa shape index (κ2) is 12.1. The summed E-state index contributed by atoms with van der Waals surface area (Å²) in [6.45, 7) is 7.41. The third-order valence-corrected chi connectivity index (χ3v) is 8.07. The summed E-state index contributed by atoms with van der Waals surface area (Å²) in [7, 11) is 0. The molecule has 11 nitrogen and oxygen atoms in total. The van der Waals surface area contributed by atoms with E-state index in [2.05, 4.69) is 20.8 Å². The molecule has 0 bridgehead atoms. The average Bonchev–Trinajstić information content (AvgIpc) is 3.71. The lowest BCUT2D eigenvalue weighted by Gasteiger charge is -2.27. The number of benzene rings is 2. The molecule has 6 rings (SSSR count). The topological polar surface area (TPSA) is 141 Å². The quantitative estimate of drug-likeness (QED) is 0.307. The molecule has 0 saturated carbocycles. The molecule has 1 spiro atoms. The van der Waals surface area contributed by atoms with Crippen LogP contribution in [0.25, 0.3) is 0 Å². The van der Waals surface area contributed by atoms with Gasteiger partial charge >= 0.3 is 6.96 Å². The van der Waals surface area contributed by atoms with Crippen molar-refractivity contribution in [3.63, 3.8) is 0 Å². The van der Waals surface area contributed by atoms with Crippen LogP contribution < -0.4 is 23.5 Å². The Morgan fingerprint density at radius 2 is 1.07 bits per heavy atom. The Balaban J connectivity index is 0.000000411. The number of fused-ring (bicyclic) bond motifs is 2. The Labute approximate surface area is 234 Å². The van der Waals surface area contributed by atoms with Gasteiger partial charge in [0, 0.05) is 12.8 Å². The van der Waals surface area contributed by atoms with E-state index in [0.717, 1.165) is 11.1 Å². The van der Waals surface area contributed by atoms with Gasteiger partial charge in [-0.2, -0.15) is 0 Å². The van der Waals surface area contributed by atoms with Crippen LogP contribution in [-0.2, 0) is 9.47 Å². The molecule has 0 radical (unpaired) electrons. The van der Waals surface area contributed by atoms with Gasteiger partial charge in [0.15, 0.2) is 0 Å². The molecule has 1 unspecified atom stereocenters. The van der Waals surface area contributed by atoms with Gasteiger partial charge in [0.2, 0.25) is 0 Å². The minimum atomic E-state index is -2.58. The van der Waals surface area contributed by atoms with Crippen molar-refractivity contribution in [2.75, 3.05) is 32.8 Å². The highest BCUT2D eigenvalue weighted by molar-refractivity contribution is 6.59. The monoisotopic (exact) mass is 561 g/mol. The van der Waals surface area contributed by atoms with Crippen LogP contribution in [0.3, 0.4) is 0 Å². The van der Waals surface area contributed by atoms with E-state index >= 15 is 0 Å². The third-order valence-electron chi connectivity index (χ3n) is 8.07. The van der Waals surface area contributed by atoms with Crippen LogP contribution in [-0.4, -0.2) is 84.6 Å². The van der Waals surface area contributed by atoms with Crippen LogP contribution in [0.1, 0.15) is 56.9 Å². The van der Waals surface area contributed by atoms with E-state index < -0.39 is 31.4 Å². The first-order valence-electron chi connectivity index (χ1n) is 14.2. The molecule has 0 amide bonds. The zero-order valence-electron chi connectivity index (χ0n) is 23.2. The van der Waals surface area contributed by atoms with Crippen molar-refractivity contribution in [3.8, 4) is 23.0 Å². The number of ether oxygens (including phenoxy) is 2. The Bertz CT molecular complexity index is 1070. The normalized spacial score (nSPS) is 31.6. The molecule has 2 aromatic rings. The van der Waals surface area contributed by atoms with Crippen molar-refractivity contribution >= 4 is 6.96 Å². The first-order valence-corrected chi connectivity index (χ1v) is 14.2. The molecule has 220 valence electrons. The molecule has 5 N–H and O–H groups in total. The summed E-state index contributed by atoms with van der Waals surface area (Å²) in [5, 5.41) is 38.7. The van der Waals surface area contributed by atoms with Crippen molar-refractivity contribution in [3.05, 3.63) is 47.5 Å². The van der Waals surface area contributed by atoms with Crippen LogP contribution >= 0.6 is 0 Å².